The molecule has 0 bridgehead atoms. The summed E-state index contributed by atoms with van der Waals surface area (Å²) in [6, 6.07) is 0. The number of amides is 1. The van der Waals surface area contributed by atoms with Crippen LogP contribution in [0.4, 0.5) is 0 Å². The van der Waals surface area contributed by atoms with Crippen molar-refractivity contribution < 1.29 is 4.79 Å². The summed E-state index contributed by atoms with van der Waals surface area (Å²) in [6.45, 7) is 7.47. The Labute approximate surface area is 110 Å². The van der Waals surface area contributed by atoms with Crippen LogP contribution >= 0.6 is 0 Å². The van der Waals surface area contributed by atoms with Crippen molar-refractivity contribution in [3.05, 3.63) is 0 Å². The molecule has 0 aromatic rings. The molecular formula is C14H25N3O. The fourth-order valence-electron chi connectivity index (χ4n) is 3.11. The lowest BCUT2D eigenvalue weighted by molar-refractivity contribution is -0.133. The highest BCUT2D eigenvalue weighted by atomic mass is 16.2. The first kappa shape index (κ1) is 12.4. The Bertz CT molecular complexity index is 289. The molecule has 0 radical (unpaired) electrons. The van der Waals surface area contributed by atoms with E-state index in [1.807, 2.05) is 0 Å². The topological polar surface area (TPSA) is 35.6 Å². The van der Waals surface area contributed by atoms with Gasteiger partial charge < -0.3 is 10.2 Å². The van der Waals surface area contributed by atoms with Crippen LogP contribution in [0.3, 0.4) is 0 Å². The van der Waals surface area contributed by atoms with Gasteiger partial charge in [0.15, 0.2) is 0 Å². The van der Waals surface area contributed by atoms with Crippen LogP contribution in [0.2, 0.25) is 0 Å². The quantitative estimate of drug-likeness (QED) is 0.792. The van der Waals surface area contributed by atoms with E-state index in [9.17, 15) is 4.79 Å². The minimum Gasteiger partial charge on any atom is -0.340 e. The molecule has 2 saturated heterocycles. The molecule has 3 aliphatic rings. The minimum atomic E-state index is 0.384. The van der Waals surface area contributed by atoms with E-state index < -0.39 is 0 Å². The number of hydrogen-bond acceptors (Lipinski definition) is 3. The summed E-state index contributed by atoms with van der Waals surface area (Å²) in [5, 5.41) is 3.34. The van der Waals surface area contributed by atoms with Crippen molar-refractivity contribution in [1.29, 1.82) is 0 Å². The molecule has 1 atom stereocenters. The van der Waals surface area contributed by atoms with Gasteiger partial charge in [0.1, 0.15) is 0 Å². The summed E-state index contributed by atoms with van der Waals surface area (Å²) in [4.78, 5) is 16.8. The third kappa shape index (κ3) is 3.23. The van der Waals surface area contributed by atoms with Crippen LogP contribution in [-0.4, -0.2) is 61.5 Å². The smallest absolute Gasteiger partial charge is 0.222 e. The van der Waals surface area contributed by atoms with Crippen molar-refractivity contribution in [3.8, 4) is 0 Å². The minimum absolute atomic E-state index is 0.384. The Hall–Kier alpha value is -0.610. The highest BCUT2D eigenvalue weighted by molar-refractivity contribution is 5.76. The van der Waals surface area contributed by atoms with Gasteiger partial charge in [-0.05, 0) is 44.2 Å². The zero-order valence-electron chi connectivity index (χ0n) is 11.2. The van der Waals surface area contributed by atoms with Gasteiger partial charge in [-0.3, -0.25) is 9.69 Å². The molecule has 0 spiro atoms. The van der Waals surface area contributed by atoms with Crippen LogP contribution in [0.1, 0.15) is 25.7 Å². The van der Waals surface area contributed by atoms with E-state index in [1.165, 1.54) is 25.8 Å². The van der Waals surface area contributed by atoms with Crippen molar-refractivity contribution in [2.75, 3.05) is 45.8 Å². The summed E-state index contributed by atoms with van der Waals surface area (Å²) in [5.41, 5.74) is 0. The average Bonchev–Trinajstić information content (AvgIpc) is 3.04. The Morgan fingerprint density at radius 3 is 2.44 bits per heavy atom. The molecule has 1 aliphatic carbocycles. The molecule has 1 saturated carbocycles. The van der Waals surface area contributed by atoms with Gasteiger partial charge in [0, 0.05) is 39.1 Å². The van der Waals surface area contributed by atoms with Crippen LogP contribution in [0.25, 0.3) is 0 Å². The molecular weight excluding hydrogens is 226 g/mol. The van der Waals surface area contributed by atoms with Gasteiger partial charge in [-0.1, -0.05) is 0 Å². The average molecular weight is 251 g/mol. The van der Waals surface area contributed by atoms with Gasteiger partial charge in [0.05, 0.1) is 0 Å². The summed E-state index contributed by atoms with van der Waals surface area (Å²) in [7, 11) is 0. The Balaban J connectivity index is 1.39. The molecule has 0 aromatic heterocycles. The van der Waals surface area contributed by atoms with Crippen LogP contribution in [0, 0.1) is 11.8 Å². The second kappa shape index (κ2) is 5.57. The maximum absolute atomic E-state index is 12.2. The normalized spacial score (nSPS) is 29.8. The van der Waals surface area contributed by atoms with Crippen LogP contribution in [-0.2, 0) is 4.79 Å². The van der Waals surface area contributed by atoms with Crippen LogP contribution < -0.4 is 5.32 Å². The van der Waals surface area contributed by atoms with Crippen molar-refractivity contribution in [3.63, 3.8) is 0 Å². The maximum Gasteiger partial charge on any atom is 0.222 e. The van der Waals surface area contributed by atoms with Crippen molar-refractivity contribution in [2.45, 2.75) is 25.7 Å². The van der Waals surface area contributed by atoms with E-state index >= 15 is 0 Å². The monoisotopic (exact) mass is 251 g/mol. The molecule has 1 amide bonds. The Morgan fingerprint density at radius 2 is 1.83 bits per heavy atom. The number of nitrogens with one attached hydrogen (secondary N) is 1. The van der Waals surface area contributed by atoms with Gasteiger partial charge in [0.2, 0.25) is 5.91 Å². The standard InChI is InChI=1S/C14H25N3O/c18-14(9-13-3-4-15-10-13)17-7-5-16(6-8-17)11-12-1-2-12/h12-13,15H,1-11H2. The third-order valence-corrected chi connectivity index (χ3v) is 4.56. The fourth-order valence-corrected chi connectivity index (χ4v) is 3.11. The Kier molecular flexibility index (Phi) is 3.85. The molecule has 3 rings (SSSR count). The highest BCUT2D eigenvalue weighted by Crippen LogP contribution is 2.30. The van der Waals surface area contributed by atoms with E-state index in [2.05, 4.69) is 15.1 Å². The zero-order valence-corrected chi connectivity index (χ0v) is 11.2. The molecule has 2 aliphatic heterocycles. The van der Waals surface area contributed by atoms with E-state index in [1.54, 1.807) is 0 Å². The first-order valence-electron chi connectivity index (χ1n) is 7.52. The molecule has 18 heavy (non-hydrogen) atoms. The predicted octanol–water partition coefficient (Wildman–Crippen LogP) is 0.540. The Morgan fingerprint density at radius 1 is 1.06 bits per heavy atom. The third-order valence-electron chi connectivity index (χ3n) is 4.56. The second-order valence-corrected chi connectivity index (χ2v) is 6.19. The van der Waals surface area contributed by atoms with Gasteiger partial charge in [0.25, 0.3) is 0 Å². The maximum atomic E-state index is 12.2. The van der Waals surface area contributed by atoms with Crippen LogP contribution in [0.15, 0.2) is 0 Å². The molecule has 1 N–H and O–H groups in total. The molecule has 102 valence electrons. The van der Waals surface area contributed by atoms with E-state index in [4.69, 9.17) is 0 Å². The van der Waals surface area contributed by atoms with E-state index in [-0.39, 0.29) is 0 Å². The molecule has 4 nitrogen and oxygen atoms in total. The summed E-state index contributed by atoms with van der Waals surface area (Å²) < 4.78 is 0. The molecule has 4 heteroatoms. The van der Waals surface area contributed by atoms with E-state index in [0.717, 1.165) is 51.6 Å². The lowest BCUT2D eigenvalue weighted by Crippen LogP contribution is -2.49. The molecule has 0 aromatic carbocycles. The second-order valence-electron chi connectivity index (χ2n) is 6.19. The lowest BCUT2D eigenvalue weighted by Gasteiger charge is -2.35. The number of carbonyl (C=O) groups is 1. The number of carbonyl (C=O) groups excluding carboxylic acids is 1. The molecule has 2 heterocycles. The van der Waals surface area contributed by atoms with Gasteiger partial charge in [-0.2, -0.15) is 0 Å². The number of hydrogen-bond donors (Lipinski definition) is 1. The summed E-state index contributed by atoms with van der Waals surface area (Å²) >= 11 is 0. The SMILES string of the molecule is O=C(CC1CCNC1)N1CCN(CC2CC2)CC1. The number of piperazine rings is 1. The van der Waals surface area contributed by atoms with Crippen molar-refractivity contribution >= 4 is 5.91 Å². The van der Waals surface area contributed by atoms with E-state index in [0.29, 0.717) is 11.8 Å². The highest BCUT2D eigenvalue weighted by Gasteiger charge is 2.28. The lowest BCUT2D eigenvalue weighted by atomic mass is 10.0. The summed E-state index contributed by atoms with van der Waals surface area (Å²) in [6.07, 6.45) is 4.78. The number of nitrogens with zero attached hydrogens (tertiary/aromatic N) is 2. The number of rotatable bonds is 4. The first-order chi connectivity index (χ1) is 8.81. The fraction of sp³-hybridized carbons (Fsp3) is 0.929. The largest absolute Gasteiger partial charge is 0.340 e. The zero-order chi connectivity index (χ0) is 12.4. The molecule has 1 unspecified atom stereocenters. The van der Waals surface area contributed by atoms with Gasteiger partial charge >= 0.3 is 0 Å². The first-order valence-corrected chi connectivity index (χ1v) is 7.52. The summed E-state index contributed by atoms with van der Waals surface area (Å²) in [5.74, 6) is 1.94. The van der Waals surface area contributed by atoms with Crippen molar-refractivity contribution in [1.82, 2.24) is 15.1 Å². The van der Waals surface area contributed by atoms with Gasteiger partial charge in [-0.25, -0.2) is 0 Å². The van der Waals surface area contributed by atoms with Gasteiger partial charge in [-0.15, -0.1) is 0 Å². The van der Waals surface area contributed by atoms with Crippen LogP contribution in [0.5, 0.6) is 0 Å². The predicted molar refractivity (Wildman–Crippen MR) is 71.3 cm³/mol. The van der Waals surface area contributed by atoms with Crippen molar-refractivity contribution in [2.24, 2.45) is 11.8 Å². The molecule has 3 fully saturated rings.